The van der Waals surface area contributed by atoms with E-state index in [1.807, 2.05) is 0 Å². The molecule has 0 aliphatic carbocycles. The highest BCUT2D eigenvalue weighted by Gasteiger charge is 2.05. The minimum atomic E-state index is -0.333. The first-order valence-electron chi connectivity index (χ1n) is 7.54. The molecule has 0 spiro atoms. The van der Waals surface area contributed by atoms with Gasteiger partial charge in [0.25, 0.3) is 0 Å². The van der Waals surface area contributed by atoms with Crippen molar-refractivity contribution in [3.05, 3.63) is 59.9 Å². The van der Waals surface area contributed by atoms with Crippen LogP contribution < -0.4 is 15.4 Å². The Hall–Kier alpha value is -2.89. The molecule has 2 N–H and O–H groups in total. The minimum absolute atomic E-state index is 0.0651. The van der Waals surface area contributed by atoms with E-state index in [1.165, 1.54) is 24.3 Å². The fraction of sp³-hybridized carbons (Fsp3) is 0.222. The Morgan fingerprint density at radius 2 is 1.67 bits per heavy atom. The third kappa shape index (κ3) is 5.72. The lowest BCUT2D eigenvalue weighted by Crippen LogP contribution is -2.20. The monoisotopic (exact) mass is 330 g/mol. The molecule has 0 heterocycles. The Morgan fingerprint density at radius 3 is 2.29 bits per heavy atom. The molecule has 2 aromatic carbocycles. The Kier molecular flexibility index (Phi) is 6.31. The number of halogens is 1. The van der Waals surface area contributed by atoms with E-state index < -0.39 is 0 Å². The number of carbonyl (C=O) groups excluding carboxylic acids is 2. The molecular weight excluding hydrogens is 311 g/mol. The predicted octanol–water partition coefficient (Wildman–Crippen LogP) is 2.52. The molecule has 0 aliphatic heterocycles. The van der Waals surface area contributed by atoms with Crippen molar-refractivity contribution < 1.29 is 18.7 Å². The maximum Gasteiger partial charge on any atom is 0.227 e. The van der Waals surface area contributed by atoms with Crippen LogP contribution in [0, 0.1) is 5.82 Å². The average Bonchev–Trinajstić information content (AvgIpc) is 2.58. The van der Waals surface area contributed by atoms with Crippen LogP contribution in [0.2, 0.25) is 0 Å². The van der Waals surface area contributed by atoms with Gasteiger partial charge in [-0.05, 0) is 42.0 Å². The van der Waals surface area contributed by atoms with Crippen LogP contribution in [0.1, 0.15) is 12.0 Å². The number of hydrogen-bond acceptors (Lipinski definition) is 3. The Balaban J connectivity index is 1.75. The fourth-order valence-corrected chi connectivity index (χ4v) is 2.00. The summed E-state index contributed by atoms with van der Waals surface area (Å²) in [5.41, 5.74) is 1.52. The number of hydrogen-bond donors (Lipinski definition) is 2. The molecule has 6 heteroatoms. The molecular formula is C18H19FN2O3. The van der Waals surface area contributed by atoms with Gasteiger partial charge >= 0.3 is 0 Å². The number of amides is 2. The smallest absolute Gasteiger partial charge is 0.227 e. The topological polar surface area (TPSA) is 67.4 Å². The summed E-state index contributed by atoms with van der Waals surface area (Å²) in [5, 5.41) is 5.31. The van der Waals surface area contributed by atoms with E-state index in [9.17, 15) is 14.0 Å². The zero-order valence-corrected chi connectivity index (χ0v) is 13.3. The second-order valence-corrected chi connectivity index (χ2v) is 5.15. The van der Waals surface area contributed by atoms with E-state index in [1.54, 1.807) is 31.3 Å². The van der Waals surface area contributed by atoms with E-state index in [0.717, 1.165) is 5.56 Å². The van der Waals surface area contributed by atoms with Gasteiger partial charge in [0.1, 0.15) is 11.6 Å². The van der Waals surface area contributed by atoms with Crippen LogP contribution >= 0.6 is 0 Å². The van der Waals surface area contributed by atoms with E-state index in [4.69, 9.17) is 4.74 Å². The zero-order chi connectivity index (χ0) is 17.4. The maximum atomic E-state index is 12.8. The quantitative estimate of drug-likeness (QED) is 0.820. The van der Waals surface area contributed by atoms with Gasteiger partial charge < -0.3 is 15.4 Å². The van der Waals surface area contributed by atoms with Gasteiger partial charge in [-0.25, -0.2) is 4.39 Å². The molecule has 0 aromatic heterocycles. The number of anilines is 1. The van der Waals surface area contributed by atoms with Crippen molar-refractivity contribution in [1.82, 2.24) is 5.32 Å². The van der Waals surface area contributed by atoms with E-state index in [2.05, 4.69) is 10.6 Å². The number of nitrogens with one attached hydrogen (secondary N) is 2. The highest BCUT2D eigenvalue weighted by molar-refractivity contribution is 5.90. The highest BCUT2D eigenvalue weighted by Crippen LogP contribution is 2.12. The molecule has 2 aromatic rings. The number of ether oxygens (including phenoxy) is 1. The molecule has 0 saturated carbocycles. The van der Waals surface area contributed by atoms with Crippen LogP contribution in [0.3, 0.4) is 0 Å². The van der Waals surface area contributed by atoms with Crippen LogP contribution in [-0.4, -0.2) is 25.5 Å². The number of rotatable bonds is 7. The van der Waals surface area contributed by atoms with Gasteiger partial charge in [0.15, 0.2) is 0 Å². The van der Waals surface area contributed by atoms with Gasteiger partial charge in [-0.2, -0.15) is 0 Å². The number of carbonyl (C=O) groups is 2. The van der Waals surface area contributed by atoms with Crippen molar-refractivity contribution in [2.45, 2.75) is 12.8 Å². The van der Waals surface area contributed by atoms with Crippen LogP contribution in [0.4, 0.5) is 10.1 Å². The molecule has 24 heavy (non-hydrogen) atoms. The lowest BCUT2D eigenvalue weighted by atomic mass is 10.1. The third-order valence-corrected chi connectivity index (χ3v) is 3.29. The molecule has 0 saturated heterocycles. The van der Waals surface area contributed by atoms with Gasteiger partial charge in [-0.3, -0.25) is 9.59 Å². The van der Waals surface area contributed by atoms with Crippen LogP contribution in [0.5, 0.6) is 5.75 Å². The summed E-state index contributed by atoms with van der Waals surface area (Å²) in [6.07, 6.45) is 0.480. The minimum Gasteiger partial charge on any atom is -0.493 e. The van der Waals surface area contributed by atoms with E-state index in [-0.39, 0.29) is 30.7 Å². The van der Waals surface area contributed by atoms with Gasteiger partial charge in [-0.1, -0.05) is 12.1 Å². The van der Waals surface area contributed by atoms with Crippen molar-refractivity contribution in [3.63, 3.8) is 0 Å². The van der Waals surface area contributed by atoms with Gasteiger partial charge in [0.05, 0.1) is 19.4 Å². The van der Waals surface area contributed by atoms with Gasteiger partial charge in [0.2, 0.25) is 11.8 Å². The molecule has 126 valence electrons. The summed E-state index contributed by atoms with van der Waals surface area (Å²) in [4.78, 5) is 23.1. The summed E-state index contributed by atoms with van der Waals surface area (Å²) >= 11 is 0. The number of likely N-dealkylation sites (N-methyl/N-ethyl adjacent to an activating group) is 1. The molecule has 2 rings (SSSR count). The first-order valence-corrected chi connectivity index (χ1v) is 7.54. The van der Waals surface area contributed by atoms with E-state index >= 15 is 0 Å². The summed E-state index contributed by atoms with van der Waals surface area (Å²) in [7, 11) is 1.59. The predicted molar refractivity (Wildman–Crippen MR) is 89.4 cm³/mol. The first-order chi connectivity index (χ1) is 11.6. The molecule has 0 atom stereocenters. The van der Waals surface area contributed by atoms with Gasteiger partial charge in [-0.15, -0.1) is 0 Å². The van der Waals surface area contributed by atoms with Crippen molar-refractivity contribution in [2.24, 2.45) is 0 Å². The molecule has 0 radical (unpaired) electrons. The lowest BCUT2D eigenvalue weighted by molar-refractivity contribution is -0.120. The molecule has 2 amide bonds. The van der Waals surface area contributed by atoms with Gasteiger partial charge in [0, 0.05) is 12.7 Å². The first kappa shape index (κ1) is 17.5. The summed E-state index contributed by atoms with van der Waals surface area (Å²) in [6.45, 7) is 0.201. The SMILES string of the molecule is CNC(=O)Cc1ccc(NC(=O)CCOc2ccc(F)cc2)cc1. The second kappa shape index (κ2) is 8.67. The Bertz CT molecular complexity index is 684. The zero-order valence-electron chi connectivity index (χ0n) is 13.3. The van der Waals surface area contributed by atoms with Crippen molar-refractivity contribution in [3.8, 4) is 5.75 Å². The summed E-state index contributed by atoms with van der Waals surface area (Å²) in [6, 6.07) is 12.7. The standard InChI is InChI=1S/C18H19FN2O3/c1-20-18(23)12-13-2-6-15(7-3-13)21-17(22)10-11-24-16-8-4-14(19)5-9-16/h2-9H,10-12H2,1H3,(H,20,23)(H,21,22). The van der Waals surface area contributed by atoms with Crippen LogP contribution in [-0.2, 0) is 16.0 Å². The highest BCUT2D eigenvalue weighted by atomic mass is 19.1. The van der Waals surface area contributed by atoms with Crippen molar-refractivity contribution in [2.75, 3.05) is 19.0 Å². The second-order valence-electron chi connectivity index (χ2n) is 5.15. The lowest BCUT2D eigenvalue weighted by Gasteiger charge is -2.08. The summed E-state index contributed by atoms with van der Waals surface area (Å²) in [5.74, 6) is -0.0661. The van der Waals surface area contributed by atoms with Crippen LogP contribution in [0.25, 0.3) is 0 Å². The molecule has 0 fully saturated rings. The third-order valence-electron chi connectivity index (χ3n) is 3.29. The Morgan fingerprint density at radius 1 is 1.00 bits per heavy atom. The maximum absolute atomic E-state index is 12.8. The van der Waals surface area contributed by atoms with Crippen LogP contribution in [0.15, 0.2) is 48.5 Å². The molecule has 5 nitrogen and oxygen atoms in total. The number of benzene rings is 2. The molecule has 0 unspecified atom stereocenters. The molecule has 0 aliphatic rings. The van der Waals surface area contributed by atoms with Crippen molar-refractivity contribution in [1.29, 1.82) is 0 Å². The largest absolute Gasteiger partial charge is 0.493 e. The van der Waals surface area contributed by atoms with Crippen molar-refractivity contribution >= 4 is 17.5 Å². The molecule has 0 bridgehead atoms. The van der Waals surface area contributed by atoms with E-state index in [0.29, 0.717) is 17.9 Å². The summed E-state index contributed by atoms with van der Waals surface area (Å²) < 4.78 is 18.1. The Labute approximate surface area is 139 Å². The normalized spacial score (nSPS) is 10.1. The fourth-order valence-electron chi connectivity index (χ4n) is 2.00. The average molecular weight is 330 g/mol.